The fourth-order valence-corrected chi connectivity index (χ4v) is 1.94. The number of phenolic OH excluding ortho intramolecular Hbond substituents is 1. The minimum absolute atomic E-state index is 0.285. The lowest BCUT2D eigenvalue weighted by atomic mass is 10.1. The first-order valence-corrected chi connectivity index (χ1v) is 5.81. The Kier molecular flexibility index (Phi) is 2.48. The molecule has 1 N–H and O–H groups in total. The Bertz CT molecular complexity index is 703. The number of pyridine rings is 1. The lowest BCUT2D eigenvalue weighted by Crippen LogP contribution is -1.92. The summed E-state index contributed by atoms with van der Waals surface area (Å²) in [5.74, 6) is 0.995. The predicted octanol–water partition coefficient (Wildman–Crippen LogP) is 2.33. The van der Waals surface area contributed by atoms with Crippen LogP contribution in [0.15, 0.2) is 42.6 Å². The van der Waals surface area contributed by atoms with E-state index in [0.717, 1.165) is 16.8 Å². The molecule has 3 aromatic rings. The third-order valence-electron chi connectivity index (χ3n) is 2.86. The standard InChI is InChI=1S/C14H13N3O/c1-10-6-7-14-15-13(16-17(14)9-10)8-11-4-2-3-5-12(11)18/h2-7,9,18H,8H2,1H3. The molecule has 0 aliphatic carbocycles. The predicted molar refractivity (Wildman–Crippen MR) is 68.6 cm³/mol. The highest BCUT2D eigenvalue weighted by Crippen LogP contribution is 2.18. The molecule has 1 aromatic carbocycles. The average Bonchev–Trinajstić information content (AvgIpc) is 2.73. The number of phenols is 1. The molecule has 18 heavy (non-hydrogen) atoms. The lowest BCUT2D eigenvalue weighted by molar-refractivity contribution is 0.469. The average molecular weight is 239 g/mol. The summed E-state index contributed by atoms with van der Waals surface area (Å²) in [6, 6.07) is 11.2. The summed E-state index contributed by atoms with van der Waals surface area (Å²) < 4.78 is 1.77. The number of aromatic hydroxyl groups is 1. The van der Waals surface area contributed by atoms with Crippen LogP contribution in [0.1, 0.15) is 17.0 Å². The van der Waals surface area contributed by atoms with Gasteiger partial charge in [-0.2, -0.15) is 5.10 Å². The fraction of sp³-hybridized carbons (Fsp3) is 0.143. The maximum Gasteiger partial charge on any atom is 0.156 e. The van der Waals surface area contributed by atoms with Crippen LogP contribution in [0.3, 0.4) is 0 Å². The molecule has 4 nitrogen and oxygen atoms in total. The molecule has 0 unspecified atom stereocenters. The summed E-state index contributed by atoms with van der Waals surface area (Å²) in [6.45, 7) is 2.02. The van der Waals surface area contributed by atoms with Crippen LogP contribution < -0.4 is 0 Å². The van der Waals surface area contributed by atoms with Crippen molar-refractivity contribution in [3.05, 3.63) is 59.5 Å². The molecular weight excluding hydrogens is 226 g/mol. The highest BCUT2D eigenvalue weighted by Gasteiger charge is 2.07. The maximum absolute atomic E-state index is 9.73. The first-order valence-electron chi connectivity index (χ1n) is 5.81. The van der Waals surface area contributed by atoms with Crippen molar-refractivity contribution >= 4 is 5.65 Å². The van der Waals surface area contributed by atoms with Gasteiger partial charge >= 0.3 is 0 Å². The van der Waals surface area contributed by atoms with Gasteiger partial charge in [0.25, 0.3) is 0 Å². The van der Waals surface area contributed by atoms with Gasteiger partial charge in [0.2, 0.25) is 0 Å². The summed E-state index contributed by atoms with van der Waals surface area (Å²) in [7, 11) is 0. The number of aromatic nitrogens is 3. The van der Waals surface area contributed by atoms with Crippen LogP contribution in [0.2, 0.25) is 0 Å². The van der Waals surface area contributed by atoms with E-state index in [-0.39, 0.29) is 5.75 Å². The topological polar surface area (TPSA) is 50.4 Å². The number of hydrogen-bond donors (Lipinski definition) is 1. The van der Waals surface area contributed by atoms with Crippen molar-refractivity contribution < 1.29 is 5.11 Å². The molecular formula is C14H13N3O. The Balaban J connectivity index is 1.98. The molecule has 0 aliphatic heterocycles. The van der Waals surface area contributed by atoms with Gasteiger partial charge in [-0.15, -0.1) is 0 Å². The number of nitrogens with zero attached hydrogens (tertiary/aromatic N) is 3. The van der Waals surface area contributed by atoms with Crippen LogP contribution in [-0.4, -0.2) is 19.7 Å². The molecule has 0 saturated heterocycles. The van der Waals surface area contributed by atoms with Crippen LogP contribution >= 0.6 is 0 Å². The van der Waals surface area contributed by atoms with Crippen molar-refractivity contribution in [3.8, 4) is 5.75 Å². The third-order valence-corrected chi connectivity index (χ3v) is 2.86. The molecule has 2 heterocycles. The minimum atomic E-state index is 0.285. The van der Waals surface area contributed by atoms with Gasteiger partial charge < -0.3 is 5.11 Å². The molecule has 90 valence electrons. The monoisotopic (exact) mass is 239 g/mol. The molecule has 2 aromatic heterocycles. The molecule has 3 rings (SSSR count). The molecule has 0 atom stereocenters. The quantitative estimate of drug-likeness (QED) is 0.746. The van der Waals surface area contributed by atoms with E-state index in [1.165, 1.54) is 0 Å². The van der Waals surface area contributed by atoms with Crippen LogP contribution in [-0.2, 0) is 6.42 Å². The Hall–Kier alpha value is -2.36. The maximum atomic E-state index is 9.73. The second kappa shape index (κ2) is 4.14. The molecule has 0 bridgehead atoms. The zero-order chi connectivity index (χ0) is 12.5. The highest BCUT2D eigenvalue weighted by molar-refractivity contribution is 5.40. The van der Waals surface area contributed by atoms with Gasteiger partial charge in [0.15, 0.2) is 11.5 Å². The molecule has 0 aliphatic rings. The molecule has 0 radical (unpaired) electrons. The van der Waals surface area contributed by atoms with Crippen molar-refractivity contribution in [2.45, 2.75) is 13.3 Å². The number of fused-ring (bicyclic) bond motifs is 1. The summed E-state index contributed by atoms with van der Waals surface area (Å²) >= 11 is 0. The summed E-state index contributed by atoms with van der Waals surface area (Å²) in [6.07, 6.45) is 2.48. The smallest absolute Gasteiger partial charge is 0.156 e. The Morgan fingerprint density at radius 3 is 2.83 bits per heavy atom. The summed E-state index contributed by atoms with van der Waals surface area (Å²) in [4.78, 5) is 4.43. The van der Waals surface area contributed by atoms with Crippen molar-refractivity contribution in [2.24, 2.45) is 0 Å². The van der Waals surface area contributed by atoms with E-state index in [4.69, 9.17) is 0 Å². The molecule has 0 saturated carbocycles. The number of rotatable bonds is 2. The van der Waals surface area contributed by atoms with E-state index in [1.807, 2.05) is 37.4 Å². The SMILES string of the molecule is Cc1ccc2nc(Cc3ccccc3O)nn2c1. The van der Waals surface area contributed by atoms with E-state index in [2.05, 4.69) is 10.1 Å². The van der Waals surface area contributed by atoms with Gasteiger partial charge in [-0.1, -0.05) is 24.3 Å². The molecule has 0 amide bonds. The van der Waals surface area contributed by atoms with Crippen molar-refractivity contribution in [1.82, 2.24) is 14.6 Å². The van der Waals surface area contributed by atoms with E-state index in [9.17, 15) is 5.11 Å². The Morgan fingerprint density at radius 2 is 2.00 bits per heavy atom. The first-order chi connectivity index (χ1) is 8.72. The largest absolute Gasteiger partial charge is 0.508 e. The van der Waals surface area contributed by atoms with Crippen LogP contribution in [0.5, 0.6) is 5.75 Å². The van der Waals surface area contributed by atoms with Crippen LogP contribution in [0.4, 0.5) is 0 Å². The number of aryl methyl sites for hydroxylation is 1. The zero-order valence-corrected chi connectivity index (χ0v) is 10.0. The van der Waals surface area contributed by atoms with Gasteiger partial charge in [0.1, 0.15) is 5.75 Å². The molecule has 4 heteroatoms. The molecule has 0 fully saturated rings. The number of para-hydroxylation sites is 1. The fourth-order valence-electron chi connectivity index (χ4n) is 1.94. The summed E-state index contributed by atoms with van der Waals surface area (Å²) in [5.41, 5.74) is 2.80. The van der Waals surface area contributed by atoms with Gasteiger partial charge in [0.05, 0.1) is 0 Å². The van der Waals surface area contributed by atoms with Gasteiger partial charge in [-0.25, -0.2) is 9.50 Å². The van der Waals surface area contributed by atoms with E-state index < -0.39 is 0 Å². The normalized spacial score (nSPS) is 10.9. The van der Waals surface area contributed by atoms with E-state index in [0.29, 0.717) is 12.2 Å². The second-order valence-electron chi connectivity index (χ2n) is 4.34. The Labute approximate surface area is 105 Å². The molecule has 0 spiro atoms. The van der Waals surface area contributed by atoms with Crippen molar-refractivity contribution in [1.29, 1.82) is 0 Å². The van der Waals surface area contributed by atoms with Gasteiger partial charge in [-0.3, -0.25) is 0 Å². The van der Waals surface area contributed by atoms with E-state index in [1.54, 1.807) is 16.6 Å². The number of benzene rings is 1. The van der Waals surface area contributed by atoms with Crippen LogP contribution in [0, 0.1) is 6.92 Å². The second-order valence-corrected chi connectivity index (χ2v) is 4.34. The lowest BCUT2D eigenvalue weighted by Gasteiger charge is -1.99. The summed E-state index contributed by atoms with van der Waals surface area (Å²) in [5, 5.41) is 14.1. The highest BCUT2D eigenvalue weighted by atomic mass is 16.3. The van der Waals surface area contributed by atoms with Gasteiger partial charge in [0, 0.05) is 18.2 Å². The Morgan fingerprint density at radius 1 is 1.17 bits per heavy atom. The minimum Gasteiger partial charge on any atom is -0.508 e. The van der Waals surface area contributed by atoms with E-state index >= 15 is 0 Å². The zero-order valence-electron chi connectivity index (χ0n) is 10.0. The van der Waals surface area contributed by atoms with Crippen molar-refractivity contribution in [2.75, 3.05) is 0 Å². The van der Waals surface area contributed by atoms with Gasteiger partial charge in [-0.05, 0) is 24.6 Å². The number of hydrogen-bond acceptors (Lipinski definition) is 3. The van der Waals surface area contributed by atoms with Crippen molar-refractivity contribution in [3.63, 3.8) is 0 Å². The van der Waals surface area contributed by atoms with Crippen LogP contribution in [0.25, 0.3) is 5.65 Å². The third kappa shape index (κ3) is 1.93. The first kappa shape index (κ1) is 10.8.